The smallest absolute Gasteiger partial charge is 0.270 e. The lowest BCUT2D eigenvalue weighted by Crippen LogP contribution is -2.32. The molecule has 0 aliphatic heterocycles. The third kappa shape index (κ3) is 4.12. The lowest BCUT2D eigenvalue weighted by molar-refractivity contribution is 0.0944. The number of amides is 1. The first-order valence-electron chi connectivity index (χ1n) is 8.84. The van der Waals surface area contributed by atoms with Gasteiger partial charge in [-0.2, -0.15) is 0 Å². The van der Waals surface area contributed by atoms with E-state index in [4.69, 9.17) is 4.74 Å². The topological polar surface area (TPSA) is 58.9 Å². The van der Waals surface area contributed by atoms with Gasteiger partial charge in [-0.3, -0.25) is 9.20 Å². The monoisotopic (exact) mass is 388 g/mol. The number of benzene rings is 1. The predicted molar refractivity (Wildman–Crippen MR) is 102 cm³/mol. The van der Waals surface area contributed by atoms with Crippen molar-refractivity contribution in [2.75, 3.05) is 27.2 Å². The van der Waals surface area contributed by atoms with Crippen LogP contribution in [0.1, 0.15) is 21.7 Å². The fourth-order valence-electron chi connectivity index (χ4n) is 2.84. The van der Waals surface area contributed by atoms with E-state index >= 15 is 0 Å². The van der Waals surface area contributed by atoms with Gasteiger partial charge in [0.05, 0.1) is 11.3 Å². The Morgan fingerprint density at radius 2 is 1.93 bits per heavy atom. The van der Waals surface area contributed by atoms with E-state index in [1.54, 1.807) is 29.7 Å². The maximum Gasteiger partial charge on any atom is 0.270 e. The number of aryl methyl sites for hydroxylation is 1. The number of rotatable bonds is 7. The first-order chi connectivity index (χ1) is 13.4. The zero-order chi connectivity index (χ0) is 20.3. The minimum atomic E-state index is -0.674. The van der Waals surface area contributed by atoms with Gasteiger partial charge in [-0.25, -0.2) is 13.8 Å². The molecule has 0 saturated carbocycles. The number of hydrogen-bond donors (Lipinski definition) is 1. The molecule has 0 saturated heterocycles. The number of halogens is 2. The summed E-state index contributed by atoms with van der Waals surface area (Å²) in [6.45, 7) is 2.66. The number of imidazole rings is 1. The summed E-state index contributed by atoms with van der Waals surface area (Å²) in [6, 6.07) is 7.00. The van der Waals surface area contributed by atoms with Crippen molar-refractivity contribution in [3.8, 4) is 5.75 Å². The van der Waals surface area contributed by atoms with Crippen molar-refractivity contribution in [1.82, 2.24) is 19.6 Å². The van der Waals surface area contributed by atoms with E-state index in [1.807, 2.05) is 19.0 Å². The second kappa shape index (κ2) is 8.35. The highest BCUT2D eigenvalue weighted by Gasteiger charge is 2.19. The van der Waals surface area contributed by atoms with Gasteiger partial charge in [0.1, 0.15) is 23.9 Å². The number of likely N-dealkylation sites (N-methyl/N-ethyl adjacent to an activating group) is 1. The van der Waals surface area contributed by atoms with Gasteiger partial charge in [0, 0.05) is 19.3 Å². The van der Waals surface area contributed by atoms with Gasteiger partial charge in [0.15, 0.2) is 11.4 Å². The minimum absolute atomic E-state index is 0.158. The summed E-state index contributed by atoms with van der Waals surface area (Å²) in [7, 11) is 3.85. The van der Waals surface area contributed by atoms with Crippen molar-refractivity contribution < 1.29 is 18.3 Å². The van der Waals surface area contributed by atoms with Crippen LogP contribution in [0.15, 0.2) is 36.5 Å². The van der Waals surface area contributed by atoms with Crippen molar-refractivity contribution in [3.05, 3.63) is 65.1 Å². The molecule has 2 heterocycles. The van der Waals surface area contributed by atoms with Gasteiger partial charge in [-0.15, -0.1) is 0 Å². The standard InChI is InChI=1S/C20H22F2N4O2/c1-13-18(20(27)23-9-11-25(2)3)26-10-5-8-17(19(26)24-13)28-12-14-15(21)6-4-7-16(14)22/h4-8,10H,9,11-12H2,1-3H3,(H,23,27). The molecule has 0 unspecified atom stereocenters. The van der Waals surface area contributed by atoms with Crippen molar-refractivity contribution in [2.45, 2.75) is 13.5 Å². The second-order valence-electron chi connectivity index (χ2n) is 6.66. The van der Waals surface area contributed by atoms with Crippen LogP contribution in [0.4, 0.5) is 8.78 Å². The molecule has 3 rings (SSSR count). The van der Waals surface area contributed by atoms with E-state index in [1.165, 1.54) is 18.2 Å². The number of nitrogens with one attached hydrogen (secondary N) is 1. The number of ether oxygens (including phenoxy) is 1. The Hall–Kier alpha value is -3.00. The van der Waals surface area contributed by atoms with Crippen LogP contribution in [0, 0.1) is 18.6 Å². The van der Waals surface area contributed by atoms with Crippen molar-refractivity contribution >= 4 is 11.6 Å². The number of carbonyl (C=O) groups is 1. The number of aromatic nitrogens is 2. The Balaban J connectivity index is 1.85. The molecule has 8 heteroatoms. The number of nitrogens with zero attached hydrogens (tertiary/aromatic N) is 3. The molecule has 6 nitrogen and oxygen atoms in total. The average Bonchev–Trinajstić information content (AvgIpc) is 2.97. The highest BCUT2D eigenvalue weighted by molar-refractivity contribution is 5.95. The van der Waals surface area contributed by atoms with Crippen LogP contribution in [0.25, 0.3) is 5.65 Å². The van der Waals surface area contributed by atoms with Crippen molar-refractivity contribution in [1.29, 1.82) is 0 Å². The Morgan fingerprint density at radius 1 is 1.21 bits per heavy atom. The first-order valence-corrected chi connectivity index (χ1v) is 8.84. The Morgan fingerprint density at radius 3 is 2.61 bits per heavy atom. The quantitative estimate of drug-likeness (QED) is 0.676. The predicted octanol–water partition coefficient (Wildman–Crippen LogP) is 2.79. The van der Waals surface area contributed by atoms with Crippen LogP contribution in [-0.4, -0.2) is 47.4 Å². The highest BCUT2D eigenvalue weighted by atomic mass is 19.1. The van der Waals surface area contributed by atoms with Crippen LogP contribution in [0.5, 0.6) is 5.75 Å². The molecular weight excluding hydrogens is 366 g/mol. The molecule has 2 aromatic heterocycles. The van der Waals surface area contributed by atoms with E-state index in [0.717, 1.165) is 0 Å². The fourth-order valence-corrected chi connectivity index (χ4v) is 2.84. The Bertz CT molecular complexity index is 981. The fraction of sp³-hybridized carbons (Fsp3) is 0.300. The average molecular weight is 388 g/mol. The van der Waals surface area contributed by atoms with Crippen molar-refractivity contribution in [2.24, 2.45) is 0 Å². The van der Waals surface area contributed by atoms with Gasteiger partial charge >= 0.3 is 0 Å². The highest BCUT2D eigenvalue weighted by Crippen LogP contribution is 2.24. The molecule has 0 radical (unpaired) electrons. The molecule has 0 aliphatic rings. The Labute approximate surface area is 161 Å². The third-order valence-electron chi connectivity index (χ3n) is 4.28. The van der Waals surface area contributed by atoms with Crippen LogP contribution in [0.2, 0.25) is 0 Å². The van der Waals surface area contributed by atoms with E-state index in [-0.39, 0.29) is 18.1 Å². The molecule has 0 atom stereocenters. The summed E-state index contributed by atoms with van der Waals surface area (Å²) < 4.78 is 34.9. The van der Waals surface area contributed by atoms with E-state index in [9.17, 15) is 13.6 Å². The molecule has 148 valence electrons. The first kappa shape index (κ1) is 19.8. The van der Waals surface area contributed by atoms with Crippen LogP contribution >= 0.6 is 0 Å². The molecule has 1 N–H and O–H groups in total. The molecule has 0 fully saturated rings. The summed E-state index contributed by atoms with van der Waals surface area (Å²) in [5.74, 6) is -1.26. The number of pyridine rings is 1. The van der Waals surface area contributed by atoms with Gasteiger partial charge in [-0.1, -0.05) is 6.07 Å². The molecule has 3 aromatic rings. The number of fused-ring (bicyclic) bond motifs is 1. The van der Waals surface area contributed by atoms with E-state index in [2.05, 4.69) is 10.3 Å². The molecule has 0 spiro atoms. The minimum Gasteiger partial charge on any atom is -0.485 e. The zero-order valence-corrected chi connectivity index (χ0v) is 16.0. The van der Waals surface area contributed by atoms with Crippen molar-refractivity contribution in [3.63, 3.8) is 0 Å². The Kier molecular flexibility index (Phi) is 5.89. The number of hydrogen-bond acceptors (Lipinski definition) is 4. The maximum atomic E-state index is 13.8. The molecule has 1 aromatic carbocycles. The molecule has 28 heavy (non-hydrogen) atoms. The third-order valence-corrected chi connectivity index (χ3v) is 4.28. The van der Waals surface area contributed by atoms with Gasteiger partial charge in [0.25, 0.3) is 5.91 Å². The molecule has 0 bridgehead atoms. The summed E-state index contributed by atoms with van der Waals surface area (Å²) in [5.41, 5.74) is 1.19. The van der Waals surface area contributed by atoms with Gasteiger partial charge in [-0.05, 0) is 45.3 Å². The molecular formula is C20H22F2N4O2. The molecule has 0 aliphatic carbocycles. The summed E-state index contributed by atoms with van der Waals surface area (Å²) >= 11 is 0. The summed E-state index contributed by atoms with van der Waals surface area (Å²) in [4.78, 5) is 19.0. The summed E-state index contributed by atoms with van der Waals surface area (Å²) in [5, 5.41) is 2.86. The van der Waals surface area contributed by atoms with Gasteiger partial charge < -0.3 is 15.0 Å². The SMILES string of the molecule is Cc1nc2c(OCc3c(F)cccc3F)cccn2c1C(=O)NCCN(C)C. The largest absolute Gasteiger partial charge is 0.485 e. The normalized spacial score (nSPS) is 11.2. The molecule has 1 amide bonds. The second-order valence-corrected chi connectivity index (χ2v) is 6.66. The maximum absolute atomic E-state index is 13.8. The number of carbonyl (C=O) groups excluding carboxylic acids is 1. The lowest BCUT2D eigenvalue weighted by atomic mass is 10.2. The summed E-state index contributed by atoms with van der Waals surface area (Å²) in [6.07, 6.45) is 1.70. The van der Waals surface area contributed by atoms with Crippen LogP contribution in [0.3, 0.4) is 0 Å². The lowest BCUT2D eigenvalue weighted by Gasteiger charge is -2.11. The zero-order valence-electron chi connectivity index (χ0n) is 16.0. The van der Waals surface area contributed by atoms with Crippen LogP contribution < -0.4 is 10.1 Å². The van der Waals surface area contributed by atoms with E-state index in [0.29, 0.717) is 35.9 Å². The van der Waals surface area contributed by atoms with Gasteiger partial charge in [0.2, 0.25) is 0 Å². The van der Waals surface area contributed by atoms with E-state index < -0.39 is 11.6 Å². The van der Waals surface area contributed by atoms with Crippen LogP contribution in [-0.2, 0) is 6.61 Å².